The third-order valence-electron chi connectivity index (χ3n) is 2.41. The number of nitrogens with one attached hydrogen (secondary N) is 1. The van der Waals surface area contributed by atoms with Gasteiger partial charge in [-0.3, -0.25) is 4.79 Å². The van der Waals surface area contributed by atoms with Gasteiger partial charge in [0.1, 0.15) is 17.4 Å². The Morgan fingerprint density at radius 3 is 2.75 bits per heavy atom. The molecule has 106 valence electrons. The summed E-state index contributed by atoms with van der Waals surface area (Å²) in [6.07, 6.45) is 1.56. The molecule has 0 aliphatic heterocycles. The molecule has 0 radical (unpaired) electrons. The Morgan fingerprint density at radius 2 is 2.15 bits per heavy atom. The van der Waals surface area contributed by atoms with Gasteiger partial charge in [-0.1, -0.05) is 11.8 Å². The van der Waals surface area contributed by atoms with Crippen molar-refractivity contribution in [3.63, 3.8) is 0 Å². The van der Waals surface area contributed by atoms with Gasteiger partial charge in [0, 0.05) is 6.07 Å². The Labute approximate surface area is 120 Å². The largest absolute Gasteiger partial charge is 0.467 e. The molecule has 2 heterocycles. The summed E-state index contributed by atoms with van der Waals surface area (Å²) in [7, 11) is 0. The molecular formula is C12H15N5O2S. The summed E-state index contributed by atoms with van der Waals surface area (Å²) in [5, 5.41) is 2.77. The van der Waals surface area contributed by atoms with E-state index in [-0.39, 0.29) is 22.8 Å². The molecule has 0 aromatic carbocycles. The Hall–Kier alpha value is -2.22. The van der Waals surface area contributed by atoms with Crippen LogP contribution in [-0.2, 0) is 11.3 Å². The summed E-state index contributed by atoms with van der Waals surface area (Å²) in [6.45, 7) is 2.10. The fraction of sp³-hybridized carbons (Fsp3) is 0.250. The number of carbonyl (C=O) groups excluding carboxylic acids is 1. The molecule has 0 bridgehead atoms. The van der Waals surface area contributed by atoms with E-state index >= 15 is 0 Å². The second-order valence-electron chi connectivity index (χ2n) is 4.06. The van der Waals surface area contributed by atoms with E-state index in [0.717, 1.165) is 0 Å². The summed E-state index contributed by atoms with van der Waals surface area (Å²) >= 11 is 1.19. The Kier molecular flexibility index (Phi) is 4.46. The summed E-state index contributed by atoms with van der Waals surface area (Å²) < 4.78 is 5.13. The van der Waals surface area contributed by atoms with Crippen molar-refractivity contribution in [2.24, 2.45) is 0 Å². The van der Waals surface area contributed by atoms with Crippen LogP contribution in [0.1, 0.15) is 12.7 Å². The highest BCUT2D eigenvalue weighted by Gasteiger charge is 2.16. The first-order valence-electron chi connectivity index (χ1n) is 5.91. The molecule has 0 aliphatic rings. The lowest BCUT2D eigenvalue weighted by Crippen LogP contribution is -2.30. The van der Waals surface area contributed by atoms with Gasteiger partial charge in [-0.2, -0.15) is 0 Å². The van der Waals surface area contributed by atoms with Gasteiger partial charge in [-0.15, -0.1) is 0 Å². The van der Waals surface area contributed by atoms with Crippen molar-refractivity contribution < 1.29 is 9.21 Å². The van der Waals surface area contributed by atoms with Crippen LogP contribution in [0.2, 0.25) is 0 Å². The maximum absolute atomic E-state index is 11.9. The predicted molar refractivity (Wildman–Crippen MR) is 76.7 cm³/mol. The average molecular weight is 293 g/mol. The van der Waals surface area contributed by atoms with Crippen molar-refractivity contribution in [1.82, 2.24) is 15.3 Å². The van der Waals surface area contributed by atoms with Crippen molar-refractivity contribution in [2.75, 3.05) is 11.5 Å². The molecule has 0 saturated heterocycles. The molecule has 0 aliphatic carbocycles. The number of amides is 1. The topological polar surface area (TPSA) is 120 Å². The third kappa shape index (κ3) is 3.89. The molecule has 7 nitrogen and oxygen atoms in total. The highest BCUT2D eigenvalue weighted by molar-refractivity contribution is 8.00. The summed E-state index contributed by atoms with van der Waals surface area (Å²) in [6, 6.07) is 5.02. The van der Waals surface area contributed by atoms with E-state index in [2.05, 4.69) is 15.3 Å². The molecular weight excluding hydrogens is 278 g/mol. The molecule has 0 fully saturated rings. The Morgan fingerprint density at radius 1 is 1.45 bits per heavy atom. The monoisotopic (exact) mass is 293 g/mol. The smallest absolute Gasteiger partial charge is 0.233 e. The SMILES string of the molecule is C[C@H](Sc1nc(N)cc(N)n1)C(=O)NCc1ccco1. The fourth-order valence-corrected chi connectivity index (χ4v) is 2.28. The number of furan rings is 1. The molecule has 5 N–H and O–H groups in total. The number of hydrogen-bond donors (Lipinski definition) is 3. The molecule has 8 heteroatoms. The summed E-state index contributed by atoms with van der Waals surface area (Å²) in [5.41, 5.74) is 11.2. The highest BCUT2D eigenvalue weighted by atomic mass is 32.2. The van der Waals surface area contributed by atoms with Crippen LogP contribution in [0.5, 0.6) is 0 Å². The molecule has 2 aromatic rings. The van der Waals surface area contributed by atoms with Crippen molar-refractivity contribution >= 4 is 29.3 Å². The van der Waals surface area contributed by atoms with E-state index in [1.165, 1.54) is 17.8 Å². The van der Waals surface area contributed by atoms with Crippen LogP contribution in [0, 0.1) is 0 Å². The minimum absolute atomic E-state index is 0.143. The molecule has 2 aromatic heterocycles. The zero-order valence-electron chi connectivity index (χ0n) is 10.9. The molecule has 0 spiro atoms. The van der Waals surface area contributed by atoms with Crippen LogP contribution in [0.25, 0.3) is 0 Å². The van der Waals surface area contributed by atoms with Gasteiger partial charge in [0.15, 0.2) is 5.16 Å². The average Bonchev–Trinajstić information content (AvgIpc) is 2.87. The normalized spacial score (nSPS) is 12.1. The first-order valence-corrected chi connectivity index (χ1v) is 6.79. The van der Waals surface area contributed by atoms with Gasteiger partial charge in [0.2, 0.25) is 5.91 Å². The van der Waals surface area contributed by atoms with Gasteiger partial charge < -0.3 is 21.2 Å². The van der Waals surface area contributed by atoms with Crippen LogP contribution in [0.15, 0.2) is 34.0 Å². The standard InChI is InChI=1S/C12H15N5O2S/c1-7(11(18)15-6-8-3-2-4-19-8)20-12-16-9(13)5-10(14)17-12/h2-5,7H,6H2,1H3,(H,15,18)(H4,13,14,16,17)/t7-/m0/s1. The highest BCUT2D eigenvalue weighted by Crippen LogP contribution is 2.21. The van der Waals surface area contributed by atoms with E-state index < -0.39 is 0 Å². The number of nitrogen functional groups attached to an aromatic ring is 2. The van der Waals surface area contributed by atoms with Gasteiger partial charge in [0.05, 0.1) is 18.1 Å². The lowest BCUT2D eigenvalue weighted by Gasteiger charge is -2.10. The molecule has 0 saturated carbocycles. The second kappa shape index (κ2) is 6.29. The number of aromatic nitrogens is 2. The number of thioether (sulfide) groups is 1. The van der Waals surface area contributed by atoms with Crippen LogP contribution in [0.3, 0.4) is 0 Å². The van der Waals surface area contributed by atoms with E-state index in [0.29, 0.717) is 17.5 Å². The maximum Gasteiger partial charge on any atom is 0.233 e. The van der Waals surface area contributed by atoms with Gasteiger partial charge in [-0.25, -0.2) is 9.97 Å². The van der Waals surface area contributed by atoms with Gasteiger partial charge >= 0.3 is 0 Å². The van der Waals surface area contributed by atoms with E-state index in [1.54, 1.807) is 25.3 Å². The predicted octanol–water partition coefficient (Wildman–Crippen LogP) is 1.03. The molecule has 2 rings (SSSR count). The number of hydrogen-bond acceptors (Lipinski definition) is 7. The van der Waals surface area contributed by atoms with Crippen LogP contribution >= 0.6 is 11.8 Å². The minimum atomic E-state index is -0.369. The Balaban J connectivity index is 1.90. The zero-order valence-corrected chi connectivity index (χ0v) is 11.7. The van der Waals surface area contributed by atoms with Gasteiger partial charge in [-0.05, 0) is 19.1 Å². The second-order valence-corrected chi connectivity index (χ2v) is 5.37. The Bertz CT molecular complexity index is 567. The van der Waals surface area contributed by atoms with Crippen molar-refractivity contribution in [3.8, 4) is 0 Å². The van der Waals surface area contributed by atoms with Crippen molar-refractivity contribution in [1.29, 1.82) is 0 Å². The molecule has 1 amide bonds. The lowest BCUT2D eigenvalue weighted by atomic mass is 10.4. The summed E-state index contributed by atoms with van der Waals surface area (Å²) in [5.74, 6) is 1.11. The zero-order chi connectivity index (χ0) is 14.5. The van der Waals surface area contributed by atoms with E-state index in [9.17, 15) is 4.79 Å². The molecule has 0 unspecified atom stereocenters. The number of rotatable bonds is 5. The minimum Gasteiger partial charge on any atom is -0.467 e. The lowest BCUT2D eigenvalue weighted by molar-refractivity contribution is -0.120. The number of anilines is 2. The van der Waals surface area contributed by atoms with Crippen molar-refractivity contribution in [3.05, 3.63) is 30.2 Å². The molecule has 1 atom stereocenters. The quantitative estimate of drug-likeness (QED) is 0.556. The molecule has 20 heavy (non-hydrogen) atoms. The van der Waals surface area contributed by atoms with Crippen LogP contribution in [-0.4, -0.2) is 21.1 Å². The first-order chi connectivity index (χ1) is 9.54. The summed E-state index contributed by atoms with van der Waals surface area (Å²) in [4.78, 5) is 20.0. The van der Waals surface area contributed by atoms with Crippen LogP contribution in [0.4, 0.5) is 11.6 Å². The fourth-order valence-electron chi connectivity index (χ4n) is 1.46. The van der Waals surface area contributed by atoms with E-state index in [4.69, 9.17) is 15.9 Å². The third-order valence-corrected chi connectivity index (χ3v) is 3.37. The maximum atomic E-state index is 11.9. The number of nitrogens with zero attached hydrogens (tertiary/aromatic N) is 2. The van der Waals surface area contributed by atoms with Gasteiger partial charge in [0.25, 0.3) is 0 Å². The van der Waals surface area contributed by atoms with Crippen molar-refractivity contribution in [2.45, 2.75) is 23.9 Å². The van der Waals surface area contributed by atoms with E-state index in [1.807, 2.05) is 0 Å². The van der Waals surface area contributed by atoms with Crippen LogP contribution < -0.4 is 16.8 Å². The first kappa shape index (κ1) is 14.2. The number of nitrogens with two attached hydrogens (primary N) is 2. The number of carbonyl (C=O) groups is 1.